The molecular formula is C75H64N4O. The quantitative estimate of drug-likeness (QED) is 0.109. The minimum atomic E-state index is -0.0514. The molecule has 0 unspecified atom stereocenters. The summed E-state index contributed by atoms with van der Waals surface area (Å²) in [6.45, 7) is 6.45. The predicted molar refractivity (Wildman–Crippen MR) is 333 cm³/mol. The number of anilines is 6. The first-order chi connectivity index (χ1) is 39.3. The third kappa shape index (κ3) is 10.1. The molecule has 0 amide bonds. The summed E-state index contributed by atoms with van der Waals surface area (Å²) in [5.74, 6) is 1.04. The van der Waals surface area contributed by atoms with Gasteiger partial charge in [-0.05, 0) is 186 Å². The van der Waals surface area contributed by atoms with Gasteiger partial charge in [-0.3, -0.25) is 0 Å². The van der Waals surface area contributed by atoms with Crippen molar-refractivity contribution in [1.82, 2.24) is 10.2 Å². The molecule has 1 heterocycles. The first kappa shape index (κ1) is 50.2. The van der Waals surface area contributed by atoms with Crippen LogP contribution in [0.1, 0.15) is 82.2 Å². The predicted octanol–water partition coefficient (Wildman–Crippen LogP) is 20.0. The summed E-state index contributed by atoms with van der Waals surface area (Å²) in [6.07, 6.45) is 7.67. The molecule has 1 aliphatic rings. The lowest BCUT2D eigenvalue weighted by Gasteiger charge is -2.39. The van der Waals surface area contributed by atoms with Crippen LogP contribution in [0.25, 0.3) is 44.5 Å². The molecule has 12 aromatic rings. The molecule has 390 valence electrons. The zero-order chi connectivity index (χ0) is 54.0. The highest BCUT2D eigenvalue weighted by Crippen LogP contribution is 2.47. The Balaban J connectivity index is 0.725. The van der Waals surface area contributed by atoms with E-state index in [0.29, 0.717) is 11.8 Å². The van der Waals surface area contributed by atoms with Gasteiger partial charge in [0.15, 0.2) is 0 Å². The van der Waals surface area contributed by atoms with Crippen LogP contribution in [0.2, 0.25) is 0 Å². The SMILES string of the molecule is Cc1ccc(N(c2ccc(C)cc2)c2ccc(C3(c4ccc(N(c5ccc(C)cc5)c5ccc(Cc6ccc(Cc7ccc(-c8nnc(-c9cccc%10ccccc9%10)o8)c8ccccc78)cc6)cc5)cc4)CCCCC3)cc2)cc1. The minimum Gasteiger partial charge on any atom is -0.416 e. The van der Waals surface area contributed by atoms with Crippen molar-refractivity contribution >= 4 is 55.7 Å². The summed E-state index contributed by atoms with van der Waals surface area (Å²) < 4.78 is 6.40. The van der Waals surface area contributed by atoms with E-state index >= 15 is 0 Å². The topological polar surface area (TPSA) is 45.4 Å². The fourth-order valence-corrected chi connectivity index (χ4v) is 12.3. The number of aryl methyl sites for hydroxylation is 3. The highest BCUT2D eigenvalue weighted by atomic mass is 16.4. The van der Waals surface area contributed by atoms with Crippen molar-refractivity contribution in [2.24, 2.45) is 0 Å². The molecule has 0 N–H and O–H groups in total. The summed E-state index contributed by atoms with van der Waals surface area (Å²) in [4.78, 5) is 4.78. The smallest absolute Gasteiger partial charge is 0.248 e. The van der Waals surface area contributed by atoms with Crippen LogP contribution in [-0.4, -0.2) is 10.2 Å². The van der Waals surface area contributed by atoms with Gasteiger partial charge >= 0.3 is 0 Å². The molecule has 0 atom stereocenters. The molecule has 1 aromatic heterocycles. The maximum absolute atomic E-state index is 6.40. The first-order valence-corrected chi connectivity index (χ1v) is 28.3. The number of nitrogens with zero attached hydrogens (tertiary/aromatic N) is 4. The molecule has 0 saturated heterocycles. The lowest BCUT2D eigenvalue weighted by molar-refractivity contribution is 0.346. The maximum Gasteiger partial charge on any atom is 0.248 e. The monoisotopic (exact) mass is 1040 g/mol. The van der Waals surface area contributed by atoms with Crippen molar-refractivity contribution in [3.63, 3.8) is 0 Å². The largest absolute Gasteiger partial charge is 0.416 e. The van der Waals surface area contributed by atoms with Gasteiger partial charge in [0.05, 0.1) is 0 Å². The Bertz CT molecular complexity index is 4030. The van der Waals surface area contributed by atoms with E-state index in [1.54, 1.807) is 0 Å². The summed E-state index contributed by atoms with van der Waals surface area (Å²) in [5.41, 5.74) is 20.4. The van der Waals surface area contributed by atoms with E-state index in [1.807, 2.05) is 24.3 Å². The second-order valence-electron chi connectivity index (χ2n) is 22.0. The Morgan fingerprint density at radius 1 is 0.350 bits per heavy atom. The lowest BCUT2D eigenvalue weighted by Crippen LogP contribution is -2.30. The molecule has 11 aromatic carbocycles. The van der Waals surface area contributed by atoms with Gasteiger partial charge in [0.25, 0.3) is 0 Å². The highest BCUT2D eigenvalue weighted by molar-refractivity contribution is 5.98. The van der Waals surface area contributed by atoms with E-state index in [4.69, 9.17) is 4.42 Å². The fraction of sp³-hybridized carbons (Fsp3) is 0.147. The highest BCUT2D eigenvalue weighted by Gasteiger charge is 2.36. The molecule has 80 heavy (non-hydrogen) atoms. The minimum absolute atomic E-state index is 0.0514. The molecular weight excluding hydrogens is 973 g/mol. The van der Waals surface area contributed by atoms with Crippen molar-refractivity contribution in [1.29, 1.82) is 0 Å². The zero-order valence-corrected chi connectivity index (χ0v) is 45.8. The normalized spacial score (nSPS) is 13.1. The molecule has 13 rings (SSSR count). The van der Waals surface area contributed by atoms with Crippen LogP contribution in [0.4, 0.5) is 34.1 Å². The second kappa shape index (κ2) is 21.8. The molecule has 5 nitrogen and oxygen atoms in total. The molecule has 0 aliphatic heterocycles. The average molecular weight is 1040 g/mol. The van der Waals surface area contributed by atoms with Crippen LogP contribution >= 0.6 is 0 Å². The van der Waals surface area contributed by atoms with Gasteiger partial charge in [-0.1, -0.05) is 200 Å². The van der Waals surface area contributed by atoms with Crippen LogP contribution in [0.15, 0.2) is 253 Å². The van der Waals surface area contributed by atoms with E-state index < -0.39 is 0 Å². The Morgan fingerprint density at radius 3 is 1.24 bits per heavy atom. The lowest BCUT2D eigenvalue weighted by atomic mass is 9.65. The van der Waals surface area contributed by atoms with Gasteiger partial charge in [0.1, 0.15) is 0 Å². The van der Waals surface area contributed by atoms with E-state index in [0.717, 1.165) is 81.4 Å². The van der Waals surface area contributed by atoms with Crippen molar-refractivity contribution < 1.29 is 4.42 Å². The van der Waals surface area contributed by atoms with Crippen molar-refractivity contribution in [2.45, 2.75) is 71.1 Å². The zero-order valence-electron chi connectivity index (χ0n) is 45.8. The number of benzene rings is 11. The van der Waals surface area contributed by atoms with Gasteiger partial charge < -0.3 is 14.2 Å². The molecule has 0 radical (unpaired) electrons. The van der Waals surface area contributed by atoms with Crippen molar-refractivity contribution in [3.05, 3.63) is 299 Å². The number of hydrogen-bond donors (Lipinski definition) is 0. The van der Waals surface area contributed by atoms with Gasteiger partial charge in [0.2, 0.25) is 11.8 Å². The average Bonchev–Trinajstić information content (AvgIpc) is 4.01. The van der Waals surface area contributed by atoms with E-state index in [1.165, 1.54) is 80.4 Å². The van der Waals surface area contributed by atoms with Gasteiger partial charge in [0, 0.05) is 50.7 Å². The van der Waals surface area contributed by atoms with Crippen LogP contribution in [0.3, 0.4) is 0 Å². The Kier molecular flexibility index (Phi) is 13.7. The summed E-state index contributed by atoms with van der Waals surface area (Å²) in [6, 6.07) is 91.3. The van der Waals surface area contributed by atoms with Crippen molar-refractivity contribution in [3.8, 4) is 22.9 Å². The molecule has 0 bridgehead atoms. The van der Waals surface area contributed by atoms with E-state index in [9.17, 15) is 0 Å². The number of hydrogen-bond acceptors (Lipinski definition) is 5. The third-order valence-electron chi connectivity index (χ3n) is 16.6. The van der Waals surface area contributed by atoms with Gasteiger partial charge in [-0.15, -0.1) is 10.2 Å². The van der Waals surface area contributed by atoms with Crippen molar-refractivity contribution in [2.75, 3.05) is 9.80 Å². The van der Waals surface area contributed by atoms with Gasteiger partial charge in [-0.2, -0.15) is 0 Å². The molecule has 1 aliphatic carbocycles. The van der Waals surface area contributed by atoms with E-state index in [-0.39, 0.29) is 5.41 Å². The fourth-order valence-electron chi connectivity index (χ4n) is 12.3. The number of rotatable bonds is 14. The van der Waals surface area contributed by atoms with Gasteiger partial charge in [-0.25, -0.2) is 0 Å². The summed E-state index contributed by atoms with van der Waals surface area (Å²) >= 11 is 0. The first-order valence-electron chi connectivity index (χ1n) is 28.3. The Hall–Kier alpha value is -9.32. The standard InChI is InChI=1S/C75H64N4O/c1-52-18-35-62(36-19-52)78(63-37-20-53(2)21-38-63)66-43-31-60(32-44-66)75(48-9-4-10-49-75)61-33-45-67(46-34-61)79(64-39-22-54(3)23-40-64)65-41-28-56(29-42-65)50-55-24-26-57(27-25-55)51-59-30-47-72(70-16-8-7-15-69(59)70)74-77-76-73(80-74)71-17-11-13-58-12-5-6-14-68(58)71/h5-8,11-47H,4,9-10,48-51H2,1-3H3. The number of aromatic nitrogens is 2. The van der Waals surface area contributed by atoms with Crippen LogP contribution in [0.5, 0.6) is 0 Å². The Morgan fingerprint density at radius 2 is 0.738 bits per heavy atom. The molecule has 1 saturated carbocycles. The maximum atomic E-state index is 6.40. The van der Waals surface area contributed by atoms with Crippen LogP contribution in [0, 0.1) is 20.8 Å². The summed E-state index contributed by atoms with van der Waals surface area (Å²) in [5, 5.41) is 13.6. The van der Waals surface area contributed by atoms with Crippen LogP contribution < -0.4 is 9.80 Å². The molecule has 5 heteroatoms. The molecule has 0 spiro atoms. The number of fused-ring (bicyclic) bond motifs is 2. The second-order valence-corrected chi connectivity index (χ2v) is 22.0. The Labute approximate surface area is 470 Å². The third-order valence-corrected chi connectivity index (χ3v) is 16.6. The summed E-state index contributed by atoms with van der Waals surface area (Å²) in [7, 11) is 0. The van der Waals surface area contributed by atoms with Crippen LogP contribution in [-0.2, 0) is 18.3 Å². The molecule has 1 fully saturated rings. The van der Waals surface area contributed by atoms with E-state index in [2.05, 4.69) is 265 Å².